The van der Waals surface area contributed by atoms with E-state index in [4.69, 9.17) is 10.4 Å². The van der Waals surface area contributed by atoms with Crippen LogP contribution in [-0.4, -0.2) is 57.4 Å². The van der Waals surface area contributed by atoms with Crippen LogP contribution in [0.4, 0.5) is 10.1 Å². The van der Waals surface area contributed by atoms with Gasteiger partial charge in [0.15, 0.2) is 0 Å². The SMILES string of the molecule is N#Cc1cccc(CNc2ccc(F)c(-c3ccnc4[nH]c(C5CCN(CC(O)CO)CC5)cc34)c2)c1. The third kappa shape index (κ3) is 5.65. The molecule has 1 fully saturated rings. The highest BCUT2D eigenvalue weighted by molar-refractivity contribution is 5.94. The first-order valence-corrected chi connectivity index (χ1v) is 12.6. The Labute approximate surface area is 215 Å². The van der Waals surface area contributed by atoms with Crippen molar-refractivity contribution in [2.75, 3.05) is 31.6 Å². The Hall–Kier alpha value is -3.77. The van der Waals surface area contributed by atoms with Gasteiger partial charge in [-0.1, -0.05) is 12.1 Å². The fourth-order valence-corrected chi connectivity index (χ4v) is 5.08. The Kier molecular flexibility index (Phi) is 7.47. The van der Waals surface area contributed by atoms with Gasteiger partial charge in [-0.3, -0.25) is 0 Å². The van der Waals surface area contributed by atoms with Gasteiger partial charge in [0.05, 0.1) is 24.3 Å². The lowest BCUT2D eigenvalue weighted by Crippen LogP contribution is -2.39. The number of aliphatic hydroxyl groups excluding tert-OH is 2. The van der Waals surface area contributed by atoms with Gasteiger partial charge in [-0.15, -0.1) is 0 Å². The number of H-pyrrole nitrogens is 1. The van der Waals surface area contributed by atoms with Crippen LogP contribution in [-0.2, 0) is 6.54 Å². The number of piperidine rings is 1. The molecular formula is C29H30FN5O2. The number of anilines is 1. The minimum atomic E-state index is -0.709. The van der Waals surface area contributed by atoms with Gasteiger partial charge in [0.25, 0.3) is 0 Å². The van der Waals surface area contributed by atoms with Crippen LogP contribution in [0.3, 0.4) is 0 Å². The predicted molar refractivity (Wildman–Crippen MR) is 141 cm³/mol. The maximum Gasteiger partial charge on any atom is 0.138 e. The number of aliphatic hydroxyl groups is 2. The first kappa shape index (κ1) is 24.9. The number of halogens is 1. The van der Waals surface area contributed by atoms with Gasteiger partial charge in [0.1, 0.15) is 11.5 Å². The molecular weight excluding hydrogens is 469 g/mol. The highest BCUT2D eigenvalue weighted by Crippen LogP contribution is 2.35. The van der Waals surface area contributed by atoms with Crippen molar-refractivity contribution in [3.05, 3.63) is 83.4 Å². The van der Waals surface area contributed by atoms with Gasteiger partial charge < -0.3 is 25.4 Å². The molecule has 0 amide bonds. The first-order chi connectivity index (χ1) is 18.0. The summed E-state index contributed by atoms with van der Waals surface area (Å²) in [5, 5.41) is 32.2. The molecule has 0 radical (unpaired) electrons. The summed E-state index contributed by atoms with van der Waals surface area (Å²) in [7, 11) is 0. The summed E-state index contributed by atoms with van der Waals surface area (Å²) in [6.45, 7) is 2.47. The van der Waals surface area contributed by atoms with E-state index >= 15 is 4.39 Å². The lowest BCUT2D eigenvalue weighted by molar-refractivity contribution is 0.0512. The number of fused-ring (bicyclic) bond motifs is 1. The lowest BCUT2D eigenvalue weighted by Gasteiger charge is -2.32. The smallest absolute Gasteiger partial charge is 0.138 e. The highest BCUT2D eigenvalue weighted by Gasteiger charge is 2.24. The molecule has 5 rings (SSSR count). The molecule has 1 atom stereocenters. The molecule has 4 N–H and O–H groups in total. The summed E-state index contributed by atoms with van der Waals surface area (Å²) < 4.78 is 15.0. The van der Waals surface area contributed by atoms with Crippen LogP contribution in [0.25, 0.3) is 22.2 Å². The number of nitrogens with zero attached hydrogens (tertiary/aromatic N) is 3. The molecule has 0 saturated carbocycles. The van der Waals surface area contributed by atoms with E-state index in [9.17, 15) is 5.11 Å². The van der Waals surface area contributed by atoms with Crippen LogP contribution < -0.4 is 5.32 Å². The molecule has 0 bridgehead atoms. The molecule has 4 aromatic rings. The summed E-state index contributed by atoms with van der Waals surface area (Å²) in [4.78, 5) is 10.1. The summed E-state index contributed by atoms with van der Waals surface area (Å²) >= 11 is 0. The standard InChI is InChI=1S/C29H30FN5O2/c30-27-5-4-22(33-16-20-3-1-2-19(12-20)15-31)13-25(27)24-6-9-32-29-26(24)14-28(34-29)21-7-10-35(11-8-21)17-23(37)18-36/h1-6,9,12-14,21,23,33,36-37H,7-8,10-11,16-18H2,(H,32,34). The van der Waals surface area contributed by atoms with E-state index in [0.29, 0.717) is 30.1 Å². The average molecular weight is 500 g/mol. The molecule has 37 heavy (non-hydrogen) atoms. The first-order valence-electron chi connectivity index (χ1n) is 12.6. The largest absolute Gasteiger partial charge is 0.394 e. The van der Waals surface area contributed by atoms with E-state index in [-0.39, 0.29) is 12.4 Å². The van der Waals surface area contributed by atoms with Gasteiger partial charge in [-0.2, -0.15) is 5.26 Å². The molecule has 0 aliphatic carbocycles. The lowest BCUT2D eigenvalue weighted by atomic mass is 9.93. The van der Waals surface area contributed by atoms with Crippen LogP contribution in [0.5, 0.6) is 0 Å². The maximum atomic E-state index is 15.0. The van der Waals surface area contributed by atoms with Crippen molar-refractivity contribution in [3.8, 4) is 17.2 Å². The van der Waals surface area contributed by atoms with E-state index < -0.39 is 6.10 Å². The van der Waals surface area contributed by atoms with Gasteiger partial charge in [0, 0.05) is 47.5 Å². The number of aromatic amines is 1. The van der Waals surface area contributed by atoms with E-state index in [2.05, 4.69) is 32.3 Å². The Balaban J connectivity index is 1.35. The van der Waals surface area contributed by atoms with Crippen molar-refractivity contribution in [3.63, 3.8) is 0 Å². The zero-order valence-electron chi connectivity index (χ0n) is 20.5. The molecule has 1 saturated heterocycles. The number of hydrogen-bond donors (Lipinski definition) is 4. The van der Waals surface area contributed by atoms with Crippen LogP contribution in [0.15, 0.2) is 60.8 Å². The number of pyridine rings is 1. The number of β-amino-alcohol motifs (C(OH)–C–C–N with tert-alkyl or cyclic N) is 1. The number of rotatable bonds is 8. The number of nitriles is 1. The van der Waals surface area contributed by atoms with Crippen LogP contribution >= 0.6 is 0 Å². The normalized spacial score (nSPS) is 15.5. The molecule has 1 aliphatic heterocycles. The Morgan fingerprint density at radius 3 is 2.76 bits per heavy atom. The highest BCUT2D eigenvalue weighted by atomic mass is 19.1. The zero-order valence-corrected chi connectivity index (χ0v) is 20.5. The summed E-state index contributed by atoms with van der Waals surface area (Å²) in [5.41, 5.74) is 5.47. The summed E-state index contributed by atoms with van der Waals surface area (Å²) in [6.07, 6.45) is 2.85. The molecule has 2 aromatic heterocycles. The molecule has 1 unspecified atom stereocenters. The number of aromatic nitrogens is 2. The fraction of sp³-hybridized carbons (Fsp3) is 0.310. The van der Waals surface area contributed by atoms with E-state index in [0.717, 1.165) is 59.5 Å². The van der Waals surface area contributed by atoms with Gasteiger partial charge in [-0.25, -0.2) is 9.37 Å². The van der Waals surface area contributed by atoms with Crippen molar-refractivity contribution < 1.29 is 14.6 Å². The topological polar surface area (TPSA) is 108 Å². The van der Waals surface area contributed by atoms with Gasteiger partial charge in [0.2, 0.25) is 0 Å². The van der Waals surface area contributed by atoms with Crippen molar-refractivity contribution in [1.29, 1.82) is 5.26 Å². The third-order valence-corrected chi connectivity index (χ3v) is 7.07. The fourth-order valence-electron chi connectivity index (χ4n) is 5.08. The number of benzene rings is 2. The molecule has 7 nitrogen and oxygen atoms in total. The minimum absolute atomic E-state index is 0.224. The molecule has 1 aliphatic rings. The number of hydrogen-bond acceptors (Lipinski definition) is 6. The van der Waals surface area contributed by atoms with Crippen molar-refractivity contribution in [2.24, 2.45) is 0 Å². The maximum absolute atomic E-state index is 15.0. The minimum Gasteiger partial charge on any atom is -0.394 e. The average Bonchev–Trinajstić information content (AvgIpc) is 3.38. The third-order valence-electron chi connectivity index (χ3n) is 7.07. The molecule has 8 heteroatoms. The van der Waals surface area contributed by atoms with Crippen molar-refractivity contribution in [2.45, 2.75) is 31.4 Å². The predicted octanol–water partition coefficient (Wildman–Crippen LogP) is 4.39. The van der Waals surface area contributed by atoms with E-state index in [1.807, 2.05) is 30.3 Å². The van der Waals surface area contributed by atoms with E-state index in [1.54, 1.807) is 18.3 Å². The second-order valence-corrected chi connectivity index (χ2v) is 9.62. The Bertz CT molecular complexity index is 1420. The number of likely N-dealkylation sites (tertiary alicyclic amines) is 1. The van der Waals surface area contributed by atoms with Gasteiger partial charge in [-0.05, 0) is 79.5 Å². The molecule has 190 valence electrons. The van der Waals surface area contributed by atoms with Crippen LogP contribution in [0.1, 0.15) is 35.6 Å². The van der Waals surface area contributed by atoms with E-state index in [1.165, 1.54) is 6.07 Å². The Morgan fingerprint density at radius 1 is 1.14 bits per heavy atom. The summed E-state index contributed by atoms with van der Waals surface area (Å²) in [6, 6.07) is 18.5. The van der Waals surface area contributed by atoms with Crippen molar-refractivity contribution >= 4 is 16.7 Å². The second kappa shape index (κ2) is 11.1. The molecule has 3 heterocycles. The molecule has 2 aromatic carbocycles. The monoisotopic (exact) mass is 499 g/mol. The second-order valence-electron chi connectivity index (χ2n) is 9.62. The van der Waals surface area contributed by atoms with Crippen molar-refractivity contribution in [1.82, 2.24) is 14.9 Å². The molecule has 0 spiro atoms. The quantitative estimate of drug-likeness (QED) is 0.287. The zero-order chi connectivity index (χ0) is 25.8. The van der Waals surface area contributed by atoms with Gasteiger partial charge >= 0.3 is 0 Å². The Morgan fingerprint density at radius 2 is 1.97 bits per heavy atom. The van der Waals surface area contributed by atoms with Crippen LogP contribution in [0.2, 0.25) is 0 Å². The summed E-state index contributed by atoms with van der Waals surface area (Å²) in [5.74, 6) is 0.0228. The number of nitrogens with one attached hydrogen (secondary N) is 2. The van der Waals surface area contributed by atoms with Crippen LogP contribution in [0, 0.1) is 17.1 Å².